The summed E-state index contributed by atoms with van der Waals surface area (Å²) in [7, 11) is 0. The van der Waals surface area contributed by atoms with Gasteiger partial charge in [0.1, 0.15) is 0 Å². The number of benzene rings is 2. The van der Waals surface area contributed by atoms with Crippen LogP contribution in [0.3, 0.4) is 0 Å². The molecule has 0 aliphatic heterocycles. The molecule has 0 saturated carbocycles. The average Bonchev–Trinajstić information content (AvgIpc) is 2.61. The molecule has 0 aliphatic carbocycles. The van der Waals surface area contributed by atoms with Crippen LogP contribution in [0.4, 0.5) is 11.4 Å². The summed E-state index contributed by atoms with van der Waals surface area (Å²) >= 11 is 1.53. The van der Waals surface area contributed by atoms with Crippen LogP contribution in [0.2, 0.25) is 0 Å². The van der Waals surface area contributed by atoms with Gasteiger partial charge in [-0.1, -0.05) is 6.07 Å². The van der Waals surface area contributed by atoms with E-state index in [9.17, 15) is 19.7 Å². The van der Waals surface area contributed by atoms with E-state index in [4.69, 9.17) is 4.42 Å². The zero-order chi connectivity index (χ0) is 18.0. The molecule has 0 unspecified atom stereocenters. The number of nitrogens with one attached hydrogen (secondary N) is 1. The molecule has 1 aromatic heterocycles. The first-order valence-corrected chi connectivity index (χ1v) is 8.38. The normalized spacial score (nSPS) is 10.6. The number of thioether (sulfide) groups is 1. The molecule has 2 aromatic carbocycles. The molecule has 0 radical (unpaired) electrons. The number of anilines is 1. The maximum Gasteiger partial charge on any atom is 0.344 e. The number of hydrogen-bond donors (Lipinski definition) is 1. The Labute approximate surface area is 145 Å². The summed E-state index contributed by atoms with van der Waals surface area (Å²) in [6.07, 6.45) is 1.91. The van der Waals surface area contributed by atoms with Gasteiger partial charge in [0.2, 0.25) is 0 Å². The van der Waals surface area contributed by atoms with Crippen LogP contribution in [-0.4, -0.2) is 17.1 Å². The molecule has 1 N–H and O–H groups in total. The molecule has 1 heterocycles. The fourth-order valence-electron chi connectivity index (χ4n) is 2.30. The van der Waals surface area contributed by atoms with Crippen LogP contribution in [0.1, 0.15) is 10.6 Å². The first-order chi connectivity index (χ1) is 12.0. The van der Waals surface area contributed by atoms with Gasteiger partial charge in [-0.2, -0.15) is 0 Å². The van der Waals surface area contributed by atoms with Crippen molar-refractivity contribution in [2.45, 2.75) is 4.90 Å². The predicted octanol–water partition coefficient (Wildman–Crippen LogP) is 3.68. The number of rotatable bonds is 4. The Morgan fingerprint density at radius 3 is 2.72 bits per heavy atom. The van der Waals surface area contributed by atoms with E-state index in [2.05, 4.69) is 5.32 Å². The van der Waals surface area contributed by atoms with Crippen LogP contribution in [0, 0.1) is 10.1 Å². The molecule has 126 valence electrons. The first kappa shape index (κ1) is 16.7. The van der Waals surface area contributed by atoms with Gasteiger partial charge in [0, 0.05) is 22.7 Å². The molecule has 25 heavy (non-hydrogen) atoms. The van der Waals surface area contributed by atoms with Crippen molar-refractivity contribution in [2.75, 3.05) is 11.6 Å². The van der Waals surface area contributed by atoms with E-state index >= 15 is 0 Å². The van der Waals surface area contributed by atoms with Crippen LogP contribution in [0.5, 0.6) is 0 Å². The lowest BCUT2D eigenvalue weighted by Gasteiger charge is -2.06. The third-order valence-electron chi connectivity index (χ3n) is 3.51. The molecule has 0 atom stereocenters. The lowest BCUT2D eigenvalue weighted by Crippen LogP contribution is -2.15. The highest BCUT2D eigenvalue weighted by atomic mass is 32.2. The molecular formula is C17H12N2O5S. The molecule has 0 spiro atoms. The number of hydrogen-bond acceptors (Lipinski definition) is 6. The highest BCUT2D eigenvalue weighted by Crippen LogP contribution is 2.21. The standard InChI is InChI=1S/C17H12N2O5S/c1-25-13-4-2-3-11(9-13)18-16(20)15-8-10-7-12(19(22)23)5-6-14(10)17(21)24-15/h2-9H,1H3,(H,18,20). The molecule has 7 nitrogen and oxygen atoms in total. The van der Waals surface area contributed by atoms with Gasteiger partial charge in [0.05, 0.1) is 10.3 Å². The number of fused-ring (bicyclic) bond motifs is 1. The first-order valence-electron chi connectivity index (χ1n) is 7.15. The Hall–Kier alpha value is -3.13. The summed E-state index contributed by atoms with van der Waals surface area (Å²) < 4.78 is 5.04. The molecule has 0 bridgehead atoms. The molecule has 0 saturated heterocycles. The predicted molar refractivity (Wildman–Crippen MR) is 95.3 cm³/mol. The van der Waals surface area contributed by atoms with E-state index in [-0.39, 0.29) is 22.2 Å². The minimum Gasteiger partial charge on any atom is -0.417 e. The number of nitro benzene ring substituents is 1. The molecule has 8 heteroatoms. The Morgan fingerprint density at radius 2 is 2.00 bits per heavy atom. The number of carbonyl (C=O) groups excluding carboxylic acids is 1. The van der Waals surface area contributed by atoms with Crippen molar-refractivity contribution in [1.29, 1.82) is 0 Å². The summed E-state index contributed by atoms with van der Waals surface area (Å²) in [4.78, 5) is 35.6. The Bertz CT molecular complexity index is 1040. The van der Waals surface area contributed by atoms with Gasteiger partial charge < -0.3 is 9.73 Å². The van der Waals surface area contributed by atoms with Crippen molar-refractivity contribution >= 4 is 39.8 Å². The minimum absolute atomic E-state index is 0.169. The second-order valence-electron chi connectivity index (χ2n) is 5.11. The van der Waals surface area contributed by atoms with Crippen LogP contribution >= 0.6 is 11.8 Å². The number of non-ortho nitro benzene ring substituents is 1. The highest BCUT2D eigenvalue weighted by molar-refractivity contribution is 7.98. The zero-order valence-electron chi connectivity index (χ0n) is 13.0. The summed E-state index contributed by atoms with van der Waals surface area (Å²) in [5.74, 6) is -0.823. The number of carbonyl (C=O) groups is 1. The third kappa shape index (κ3) is 3.53. The Kier molecular flexibility index (Phi) is 4.53. The van der Waals surface area contributed by atoms with Gasteiger partial charge in [-0.25, -0.2) is 4.79 Å². The number of amides is 1. The van der Waals surface area contributed by atoms with Crippen molar-refractivity contribution in [3.05, 3.63) is 74.8 Å². The van der Waals surface area contributed by atoms with E-state index in [0.717, 1.165) is 4.90 Å². The van der Waals surface area contributed by atoms with Gasteiger partial charge in [0.25, 0.3) is 11.6 Å². The molecule has 1 amide bonds. The van der Waals surface area contributed by atoms with E-state index in [1.807, 2.05) is 12.3 Å². The summed E-state index contributed by atoms with van der Waals surface area (Å²) in [5.41, 5.74) is -0.341. The van der Waals surface area contributed by atoms with Crippen molar-refractivity contribution < 1.29 is 14.1 Å². The largest absolute Gasteiger partial charge is 0.417 e. The van der Waals surface area contributed by atoms with Gasteiger partial charge in [-0.15, -0.1) is 11.8 Å². The average molecular weight is 356 g/mol. The Morgan fingerprint density at radius 1 is 1.20 bits per heavy atom. The maximum absolute atomic E-state index is 12.3. The fraction of sp³-hybridized carbons (Fsp3) is 0.0588. The van der Waals surface area contributed by atoms with Crippen molar-refractivity contribution in [2.24, 2.45) is 0 Å². The summed E-state index contributed by atoms with van der Waals surface area (Å²) in [6, 6.07) is 12.3. The summed E-state index contributed by atoms with van der Waals surface area (Å²) in [5, 5.41) is 14.0. The zero-order valence-corrected chi connectivity index (χ0v) is 13.8. The van der Waals surface area contributed by atoms with E-state index in [1.165, 1.54) is 36.0 Å². The fourth-order valence-corrected chi connectivity index (χ4v) is 2.76. The Balaban J connectivity index is 1.98. The highest BCUT2D eigenvalue weighted by Gasteiger charge is 2.15. The lowest BCUT2D eigenvalue weighted by atomic mass is 10.1. The molecule has 3 aromatic rings. The van der Waals surface area contributed by atoms with E-state index < -0.39 is 16.5 Å². The SMILES string of the molecule is CSc1cccc(NC(=O)c2cc3cc([N+](=O)[O-])ccc3c(=O)o2)c1. The lowest BCUT2D eigenvalue weighted by molar-refractivity contribution is -0.384. The molecule has 0 aliphatic rings. The quantitative estimate of drug-likeness (QED) is 0.435. The summed E-state index contributed by atoms with van der Waals surface area (Å²) in [6.45, 7) is 0. The maximum atomic E-state index is 12.3. The van der Waals surface area contributed by atoms with Gasteiger partial charge in [-0.3, -0.25) is 14.9 Å². The van der Waals surface area contributed by atoms with E-state index in [1.54, 1.807) is 18.2 Å². The minimum atomic E-state index is -0.726. The van der Waals surface area contributed by atoms with Gasteiger partial charge >= 0.3 is 5.63 Å². The number of nitrogens with zero attached hydrogens (tertiary/aromatic N) is 1. The van der Waals surface area contributed by atoms with Gasteiger partial charge in [0.15, 0.2) is 5.76 Å². The molecule has 0 fully saturated rings. The number of nitro groups is 1. The monoisotopic (exact) mass is 356 g/mol. The third-order valence-corrected chi connectivity index (χ3v) is 4.23. The second kappa shape index (κ2) is 6.78. The van der Waals surface area contributed by atoms with Crippen molar-refractivity contribution in [3.8, 4) is 0 Å². The van der Waals surface area contributed by atoms with E-state index in [0.29, 0.717) is 5.69 Å². The van der Waals surface area contributed by atoms with Crippen LogP contribution < -0.4 is 10.9 Å². The van der Waals surface area contributed by atoms with Crippen LogP contribution in [-0.2, 0) is 0 Å². The molecular weight excluding hydrogens is 344 g/mol. The van der Waals surface area contributed by atoms with Crippen molar-refractivity contribution in [1.82, 2.24) is 0 Å². The molecule has 3 rings (SSSR count). The topological polar surface area (TPSA) is 102 Å². The van der Waals surface area contributed by atoms with Crippen LogP contribution in [0.25, 0.3) is 10.8 Å². The smallest absolute Gasteiger partial charge is 0.344 e. The second-order valence-corrected chi connectivity index (χ2v) is 5.99. The van der Waals surface area contributed by atoms with Gasteiger partial charge in [-0.05, 0) is 42.0 Å². The van der Waals surface area contributed by atoms with Crippen LogP contribution in [0.15, 0.2) is 62.6 Å². The van der Waals surface area contributed by atoms with Crippen molar-refractivity contribution in [3.63, 3.8) is 0 Å².